The van der Waals surface area contributed by atoms with Gasteiger partial charge in [0.25, 0.3) is 0 Å². The van der Waals surface area contributed by atoms with E-state index in [1.54, 1.807) is 13.8 Å². The summed E-state index contributed by atoms with van der Waals surface area (Å²) in [5.41, 5.74) is 8.33. The number of amides is 4. The van der Waals surface area contributed by atoms with E-state index in [9.17, 15) is 19.2 Å². The van der Waals surface area contributed by atoms with E-state index in [0.29, 0.717) is 11.8 Å². The number of nitrogens with one attached hydrogen (secondary N) is 4. The summed E-state index contributed by atoms with van der Waals surface area (Å²) in [6.45, 7) is 3.55. The van der Waals surface area contributed by atoms with E-state index in [0.717, 1.165) is 114 Å². The van der Waals surface area contributed by atoms with E-state index in [1.165, 1.54) is 28.4 Å². The molecule has 2 aromatic heterocycles. The normalized spacial score (nSPS) is 25.1. The van der Waals surface area contributed by atoms with Crippen molar-refractivity contribution in [3.8, 4) is 44.8 Å². The summed E-state index contributed by atoms with van der Waals surface area (Å²) in [6.07, 6.45) is 9.85. The molecule has 5 aliphatic rings. The number of hydrogen-bond donors (Lipinski definition) is 4. The van der Waals surface area contributed by atoms with Crippen LogP contribution in [0.15, 0.2) is 48.8 Å². The summed E-state index contributed by atoms with van der Waals surface area (Å²) in [7, 11) is 5.63. The first kappa shape index (κ1) is 42.6. The van der Waals surface area contributed by atoms with Crippen LogP contribution in [0.2, 0.25) is 0 Å². The molecule has 4 N–H and O–H groups in total. The van der Waals surface area contributed by atoms with E-state index in [4.69, 9.17) is 28.9 Å². The lowest BCUT2D eigenvalue weighted by atomic mass is 9.76. The number of piperidine rings is 1. The van der Waals surface area contributed by atoms with E-state index >= 15 is 0 Å². The maximum absolute atomic E-state index is 14.4. The molecule has 16 nitrogen and oxygen atoms in total. The summed E-state index contributed by atoms with van der Waals surface area (Å²) in [5.74, 6) is 1.93. The van der Waals surface area contributed by atoms with E-state index in [1.807, 2.05) is 22.2 Å². The maximum atomic E-state index is 14.4. The number of nitrogens with zero attached hydrogens (tertiary/aromatic N) is 4. The van der Waals surface area contributed by atoms with Crippen LogP contribution in [0.5, 0.6) is 0 Å². The number of imidazole rings is 2. The maximum Gasteiger partial charge on any atom is 0.407 e. The number of hydrogen-bond acceptors (Lipinski definition) is 10. The highest BCUT2D eigenvalue weighted by molar-refractivity contribution is 6.04. The molecule has 4 fully saturated rings. The van der Waals surface area contributed by atoms with E-state index < -0.39 is 36.5 Å². The molecule has 16 heteroatoms. The number of fused-ring (bicyclic) bond motifs is 7. The van der Waals surface area contributed by atoms with Crippen molar-refractivity contribution in [1.82, 2.24) is 40.4 Å². The molecular weight excluding hydrogens is 805 g/mol. The molecule has 2 bridgehead atoms. The zero-order chi connectivity index (χ0) is 44.1. The molecule has 4 unspecified atom stereocenters. The molecule has 0 radical (unpaired) electrons. The van der Waals surface area contributed by atoms with Gasteiger partial charge < -0.3 is 49.3 Å². The Bertz CT molecular complexity index is 2380. The molecule has 4 aromatic rings. The van der Waals surface area contributed by atoms with Crippen molar-refractivity contribution in [1.29, 1.82) is 0 Å². The molecule has 2 aromatic carbocycles. The Hall–Kier alpha value is -5.74. The number of alkyl carbamates (subject to hydrolysis) is 2. The Balaban J connectivity index is 0.933. The van der Waals surface area contributed by atoms with Crippen molar-refractivity contribution in [3.05, 3.63) is 60.4 Å². The number of H-pyrrole nitrogens is 2. The van der Waals surface area contributed by atoms with Crippen LogP contribution >= 0.6 is 0 Å². The second-order valence-corrected chi connectivity index (χ2v) is 17.9. The number of methoxy groups -OCH3 is 4. The summed E-state index contributed by atoms with van der Waals surface area (Å²) >= 11 is 0. The molecule has 63 heavy (non-hydrogen) atoms. The van der Waals surface area contributed by atoms with Crippen molar-refractivity contribution in [3.63, 3.8) is 0 Å². The summed E-state index contributed by atoms with van der Waals surface area (Å²) in [4.78, 5) is 74.0. The quantitative estimate of drug-likeness (QED) is 0.103. The summed E-state index contributed by atoms with van der Waals surface area (Å²) in [6, 6.07) is 10.6. The smallest absolute Gasteiger partial charge is 0.407 e. The zero-order valence-electron chi connectivity index (χ0n) is 36.8. The van der Waals surface area contributed by atoms with Gasteiger partial charge in [0.15, 0.2) is 0 Å². The molecule has 2 saturated carbocycles. The zero-order valence-corrected chi connectivity index (χ0v) is 36.8. The van der Waals surface area contributed by atoms with Gasteiger partial charge in [0.2, 0.25) is 11.8 Å². The van der Waals surface area contributed by atoms with Crippen LogP contribution < -0.4 is 10.6 Å². The first-order valence-electron chi connectivity index (χ1n) is 22.3. The highest BCUT2D eigenvalue weighted by atomic mass is 16.5. The van der Waals surface area contributed by atoms with Crippen LogP contribution in [0.1, 0.15) is 95.4 Å². The van der Waals surface area contributed by atoms with Crippen LogP contribution in [0.25, 0.3) is 44.8 Å². The number of benzene rings is 2. The second-order valence-electron chi connectivity index (χ2n) is 17.9. The van der Waals surface area contributed by atoms with Crippen LogP contribution in [-0.4, -0.2) is 119 Å². The Kier molecular flexibility index (Phi) is 11.8. The molecule has 334 valence electrons. The van der Waals surface area contributed by atoms with Gasteiger partial charge in [-0.3, -0.25) is 9.59 Å². The fourth-order valence-electron chi connectivity index (χ4n) is 11.1. The fourth-order valence-corrected chi connectivity index (χ4v) is 11.1. The van der Waals surface area contributed by atoms with Crippen molar-refractivity contribution < 1.29 is 38.1 Å². The van der Waals surface area contributed by atoms with Crippen molar-refractivity contribution in [2.75, 3.05) is 28.4 Å². The van der Waals surface area contributed by atoms with Crippen LogP contribution in [0.3, 0.4) is 0 Å². The largest absolute Gasteiger partial charge is 0.453 e. The Morgan fingerprint density at radius 3 is 1.71 bits per heavy atom. The number of aromatic amines is 2. The molecule has 2 aliphatic heterocycles. The monoisotopic (exact) mass is 862 g/mol. The molecule has 0 spiro atoms. The lowest BCUT2D eigenvalue weighted by Gasteiger charge is -2.48. The lowest BCUT2D eigenvalue weighted by molar-refractivity contribution is -0.147. The van der Waals surface area contributed by atoms with Crippen molar-refractivity contribution >= 4 is 24.0 Å². The SMILES string of the molecule is COC(=O)NC(C(=O)N1[C@H](c2ncc(-c3ccc4c(c3)-c3ccc(-c5cnc([C@@H]6CC7CCC[C@@H](C7)N6C(=O)[C@@H](NC(=O)OC)C(C)OC)[nH]5)cc3-4)[nH]2)C[C@@H]2CCC[C@@H]21)C(C)OC. The number of carbonyl (C=O) groups excluding carboxylic acids is 4. The third kappa shape index (κ3) is 7.74. The van der Waals surface area contributed by atoms with Crippen LogP contribution in [0.4, 0.5) is 9.59 Å². The van der Waals surface area contributed by atoms with Gasteiger partial charge in [-0.25, -0.2) is 19.6 Å². The highest BCUT2D eigenvalue weighted by Crippen LogP contribution is 2.51. The van der Waals surface area contributed by atoms with Gasteiger partial charge in [0.05, 0.1) is 62.3 Å². The Morgan fingerprint density at radius 1 is 0.651 bits per heavy atom. The Labute approximate surface area is 367 Å². The summed E-state index contributed by atoms with van der Waals surface area (Å²) in [5, 5.41) is 5.44. The van der Waals surface area contributed by atoms with Crippen molar-refractivity contribution in [2.24, 2.45) is 11.8 Å². The van der Waals surface area contributed by atoms with Gasteiger partial charge in [-0.1, -0.05) is 43.5 Å². The molecule has 10 atom stereocenters. The minimum absolute atomic E-state index is 0.0432. The van der Waals surface area contributed by atoms with Gasteiger partial charge in [-0.15, -0.1) is 0 Å². The van der Waals surface area contributed by atoms with Gasteiger partial charge in [-0.2, -0.15) is 0 Å². The number of aromatic nitrogens is 4. The first-order valence-corrected chi connectivity index (χ1v) is 22.3. The van der Waals surface area contributed by atoms with Crippen molar-refractivity contribution in [2.45, 2.75) is 120 Å². The third-order valence-electron chi connectivity index (χ3n) is 14.6. The fraction of sp³-hybridized carbons (Fsp3) is 0.532. The average Bonchev–Trinajstić information content (AvgIpc) is 4.13. The van der Waals surface area contributed by atoms with Gasteiger partial charge >= 0.3 is 12.2 Å². The molecule has 3 aliphatic carbocycles. The van der Waals surface area contributed by atoms with E-state index in [2.05, 4.69) is 57.0 Å². The number of likely N-dealkylation sites (tertiary alicyclic amines) is 2. The van der Waals surface area contributed by atoms with Gasteiger partial charge in [0, 0.05) is 37.4 Å². The molecule has 9 rings (SSSR count). The minimum Gasteiger partial charge on any atom is -0.453 e. The average molecular weight is 863 g/mol. The van der Waals surface area contributed by atoms with Crippen LogP contribution in [0, 0.1) is 11.8 Å². The number of carbonyl (C=O) groups is 4. The third-order valence-corrected chi connectivity index (χ3v) is 14.6. The first-order chi connectivity index (χ1) is 30.5. The van der Waals surface area contributed by atoms with Gasteiger partial charge in [-0.05, 0) is 98.6 Å². The van der Waals surface area contributed by atoms with E-state index in [-0.39, 0.29) is 36.0 Å². The number of rotatable bonds is 12. The second kappa shape index (κ2) is 17.4. The predicted octanol–water partition coefficient (Wildman–Crippen LogP) is 6.91. The van der Waals surface area contributed by atoms with Gasteiger partial charge in [0.1, 0.15) is 23.7 Å². The Morgan fingerprint density at radius 2 is 1.17 bits per heavy atom. The molecule has 4 heterocycles. The summed E-state index contributed by atoms with van der Waals surface area (Å²) < 4.78 is 20.8. The molecule has 2 saturated heterocycles. The topological polar surface area (TPSA) is 193 Å². The standard InChI is InChI=1S/C47H58N8O8/c1-24(60-3)40(52-46(58)62-5)44(56)54-30-11-7-9-26(17-30)18-38(54)42-48-22-35(50-42)27-13-15-31-33(19-27)32-16-14-28(20-34(31)32)36-23-49-43(51-36)39-21-29-10-8-12-37(29)55(39)45(57)41(25(2)61-4)53-47(59)63-6/h13-16,19-20,22-26,29-30,37-41H,7-12,17-18,21H2,1-6H3,(H,48,50)(H,49,51)(H,52,58)(H,53,59)/t24?,25?,26?,29-,30-,37-,38-,39-,40-,41?/m0/s1. The highest BCUT2D eigenvalue weighted by Gasteiger charge is 2.50. The number of ether oxygens (including phenoxy) is 4. The molecular formula is C47H58N8O8. The predicted molar refractivity (Wildman–Crippen MR) is 233 cm³/mol. The van der Waals surface area contributed by atoms with Crippen LogP contribution in [-0.2, 0) is 28.5 Å². The molecule has 4 amide bonds. The minimum atomic E-state index is -0.906. The lowest BCUT2D eigenvalue weighted by Crippen LogP contribution is -2.59.